The van der Waals surface area contributed by atoms with E-state index in [9.17, 15) is 9.59 Å². The molecule has 0 saturated carbocycles. The van der Waals surface area contributed by atoms with Gasteiger partial charge in [-0.15, -0.1) is 0 Å². The van der Waals surface area contributed by atoms with Gasteiger partial charge < -0.3 is 10.6 Å². The molecule has 2 amide bonds. The zero-order valence-corrected chi connectivity index (χ0v) is 17.8. The molecule has 1 fully saturated rings. The Morgan fingerprint density at radius 3 is 2.10 bits per heavy atom. The highest BCUT2D eigenvalue weighted by molar-refractivity contribution is 6.33. The fourth-order valence-corrected chi connectivity index (χ4v) is 4.30. The number of rotatable bonds is 7. The lowest BCUT2D eigenvalue weighted by Gasteiger charge is -2.36. The van der Waals surface area contributed by atoms with E-state index >= 15 is 0 Å². The molecule has 0 bridgehead atoms. The van der Waals surface area contributed by atoms with Gasteiger partial charge in [-0.1, -0.05) is 30.2 Å². The molecular formula is C23H27ClN4O2. The Labute approximate surface area is 182 Å². The van der Waals surface area contributed by atoms with Gasteiger partial charge in [-0.3, -0.25) is 19.4 Å². The first kappa shape index (κ1) is 20.7. The van der Waals surface area contributed by atoms with Gasteiger partial charge in [0.15, 0.2) is 0 Å². The Hall–Kier alpha value is -2.57. The average molecular weight is 427 g/mol. The van der Waals surface area contributed by atoms with Crippen LogP contribution in [-0.2, 0) is 0 Å². The first-order valence-corrected chi connectivity index (χ1v) is 10.9. The van der Waals surface area contributed by atoms with Gasteiger partial charge in [0.25, 0.3) is 11.8 Å². The number of carbonyl (C=O) groups excluding carboxylic acids is 2. The molecule has 0 radical (unpaired) electrons. The summed E-state index contributed by atoms with van der Waals surface area (Å²) in [6.07, 6.45) is 2.91. The van der Waals surface area contributed by atoms with Crippen molar-refractivity contribution in [3.05, 3.63) is 58.6 Å². The van der Waals surface area contributed by atoms with Gasteiger partial charge in [-0.25, -0.2) is 0 Å². The molecule has 4 rings (SSSR count). The number of piperazine rings is 1. The predicted octanol–water partition coefficient (Wildman–Crippen LogP) is 3.51. The number of carbonyl (C=O) groups is 2. The van der Waals surface area contributed by atoms with Crippen molar-refractivity contribution < 1.29 is 9.59 Å². The summed E-state index contributed by atoms with van der Waals surface area (Å²) < 4.78 is 0. The van der Waals surface area contributed by atoms with Crippen molar-refractivity contribution in [2.24, 2.45) is 0 Å². The van der Waals surface area contributed by atoms with Gasteiger partial charge in [0.05, 0.1) is 21.8 Å². The summed E-state index contributed by atoms with van der Waals surface area (Å²) in [4.78, 5) is 31.0. The first-order chi connectivity index (χ1) is 14.5. The summed E-state index contributed by atoms with van der Waals surface area (Å²) in [6, 6.07) is 12.9. The number of benzene rings is 2. The molecule has 0 aliphatic carbocycles. The first-order valence-electron chi connectivity index (χ1n) is 10.5. The third-order valence-corrected chi connectivity index (χ3v) is 6.30. The molecule has 1 saturated heterocycles. The molecule has 30 heavy (non-hydrogen) atoms. The van der Waals surface area contributed by atoms with E-state index < -0.39 is 0 Å². The molecule has 158 valence electrons. The van der Waals surface area contributed by atoms with Crippen LogP contribution in [0.4, 0.5) is 11.4 Å². The molecule has 6 nitrogen and oxygen atoms in total. The molecule has 0 unspecified atom stereocenters. The third-order valence-electron chi connectivity index (χ3n) is 5.95. The van der Waals surface area contributed by atoms with E-state index in [2.05, 4.69) is 9.80 Å². The predicted molar refractivity (Wildman–Crippen MR) is 120 cm³/mol. The smallest absolute Gasteiger partial charge is 0.261 e. The van der Waals surface area contributed by atoms with E-state index in [1.807, 2.05) is 18.2 Å². The third kappa shape index (κ3) is 4.30. The lowest BCUT2D eigenvalue weighted by molar-refractivity contribution is 0.0651. The molecule has 2 aliphatic heterocycles. The second kappa shape index (κ2) is 9.06. The van der Waals surface area contributed by atoms with Crippen LogP contribution in [0.15, 0.2) is 42.5 Å². The van der Waals surface area contributed by atoms with E-state index in [-0.39, 0.29) is 11.8 Å². The van der Waals surface area contributed by atoms with E-state index in [1.54, 1.807) is 24.3 Å². The number of anilines is 2. The molecule has 2 aromatic rings. The fourth-order valence-electron chi connectivity index (χ4n) is 4.18. The van der Waals surface area contributed by atoms with Crippen molar-refractivity contribution in [3.8, 4) is 0 Å². The summed E-state index contributed by atoms with van der Waals surface area (Å²) in [7, 11) is 0. The number of imide groups is 1. The van der Waals surface area contributed by atoms with Crippen LogP contribution in [0.3, 0.4) is 0 Å². The average Bonchev–Trinajstić information content (AvgIpc) is 3.01. The van der Waals surface area contributed by atoms with Crippen LogP contribution >= 0.6 is 11.6 Å². The fraction of sp³-hybridized carbons (Fsp3) is 0.391. The normalized spacial score (nSPS) is 17.0. The summed E-state index contributed by atoms with van der Waals surface area (Å²) in [6.45, 7) is 5.50. The Morgan fingerprint density at radius 1 is 0.833 bits per heavy atom. The summed E-state index contributed by atoms with van der Waals surface area (Å²) in [5, 5.41) is 0.596. The van der Waals surface area contributed by atoms with Gasteiger partial charge in [-0.05, 0) is 49.7 Å². The van der Waals surface area contributed by atoms with Crippen LogP contribution in [0, 0.1) is 0 Å². The van der Waals surface area contributed by atoms with E-state index in [0.29, 0.717) is 28.4 Å². The highest BCUT2D eigenvalue weighted by Crippen LogP contribution is 2.26. The molecule has 2 aromatic carbocycles. The molecule has 0 atom stereocenters. The van der Waals surface area contributed by atoms with Crippen LogP contribution in [0.25, 0.3) is 0 Å². The lowest BCUT2D eigenvalue weighted by atomic mass is 10.1. The summed E-state index contributed by atoms with van der Waals surface area (Å²) in [5.74, 6) is -0.316. The molecule has 2 aliphatic rings. The van der Waals surface area contributed by atoms with Gasteiger partial charge in [-0.2, -0.15) is 0 Å². The van der Waals surface area contributed by atoms with E-state index in [0.717, 1.165) is 57.7 Å². The number of unbranched alkanes of at least 4 members (excludes halogenated alkanes) is 2. The summed E-state index contributed by atoms with van der Waals surface area (Å²) in [5.41, 5.74) is 8.72. The molecule has 2 N–H and O–H groups in total. The van der Waals surface area contributed by atoms with Gasteiger partial charge in [0, 0.05) is 38.4 Å². The maximum absolute atomic E-state index is 12.4. The number of nitrogens with two attached hydrogens (primary N) is 1. The maximum Gasteiger partial charge on any atom is 0.261 e. The number of nitrogen functional groups attached to an aromatic ring is 1. The van der Waals surface area contributed by atoms with Crippen molar-refractivity contribution in [1.29, 1.82) is 0 Å². The minimum absolute atomic E-state index is 0.158. The SMILES string of the molecule is Nc1cc(N2CCN(CCCCCN3C(=O)c4ccccc4C3=O)CC2)ccc1Cl. The van der Waals surface area contributed by atoms with Crippen LogP contribution in [0.2, 0.25) is 5.02 Å². The van der Waals surface area contributed by atoms with Crippen LogP contribution < -0.4 is 10.6 Å². The largest absolute Gasteiger partial charge is 0.397 e. The number of halogens is 1. The van der Waals surface area contributed by atoms with E-state index in [1.165, 1.54) is 4.90 Å². The zero-order valence-electron chi connectivity index (χ0n) is 17.0. The second-order valence-corrected chi connectivity index (χ2v) is 8.31. The molecule has 0 spiro atoms. The summed E-state index contributed by atoms with van der Waals surface area (Å²) >= 11 is 6.01. The molecule has 7 heteroatoms. The minimum Gasteiger partial charge on any atom is -0.397 e. The van der Waals surface area contributed by atoms with Gasteiger partial charge in [0.2, 0.25) is 0 Å². The highest BCUT2D eigenvalue weighted by Gasteiger charge is 2.34. The van der Waals surface area contributed by atoms with Gasteiger partial charge >= 0.3 is 0 Å². The Bertz CT molecular complexity index is 906. The van der Waals surface area contributed by atoms with E-state index in [4.69, 9.17) is 17.3 Å². The number of nitrogens with zero attached hydrogens (tertiary/aromatic N) is 3. The second-order valence-electron chi connectivity index (χ2n) is 7.90. The van der Waals surface area contributed by atoms with Gasteiger partial charge in [0.1, 0.15) is 0 Å². The maximum atomic E-state index is 12.4. The molecule has 2 heterocycles. The number of hydrogen-bond donors (Lipinski definition) is 1. The lowest BCUT2D eigenvalue weighted by Crippen LogP contribution is -2.46. The van der Waals surface area contributed by atoms with Crippen LogP contribution in [-0.4, -0.2) is 60.9 Å². The Morgan fingerprint density at radius 2 is 1.47 bits per heavy atom. The Kier molecular flexibility index (Phi) is 6.25. The standard InChI is InChI=1S/C23H27ClN4O2/c24-20-9-8-17(16-21(20)25)27-14-12-26(13-15-27)10-4-1-5-11-28-22(29)18-6-2-3-7-19(18)23(28)30/h2-3,6-9,16H,1,4-5,10-15,25H2. The number of hydrogen-bond acceptors (Lipinski definition) is 5. The molecular weight excluding hydrogens is 400 g/mol. The monoisotopic (exact) mass is 426 g/mol. The Balaban J connectivity index is 1.16. The molecule has 0 aromatic heterocycles. The zero-order chi connectivity index (χ0) is 21.1. The van der Waals surface area contributed by atoms with Crippen LogP contribution in [0.5, 0.6) is 0 Å². The topological polar surface area (TPSA) is 69.9 Å². The van der Waals surface area contributed by atoms with Crippen molar-refractivity contribution >= 4 is 34.8 Å². The van der Waals surface area contributed by atoms with Crippen molar-refractivity contribution in [1.82, 2.24) is 9.80 Å². The quantitative estimate of drug-likeness (QED) is 0.417. The van der Waals surface area contributed by atoms with Crippen molar-refractivity contribution in [2.45, 2.75) is 19.3 Å². The van der Waals surface area contributed by atoms with Crippen molar-refractivity contribution in [3.63, 3.8) is 0 Å². The minimum atomic E-state index is -0.158. The van der Waals surface area contributed by atoms with Crippen LogP contribution in [0.1, 0.15) is 40.0 Å². The highest BCUT2D eigenvalue weighted by atomic mass is 35.5. The van der Waals surface area contributed by atoms with Crippen molar-refractivity contribution in [2.75, 3.05) is 49.9 Å². The number of amides is 2. The number of fused-ring (bicyclic) bond motifs is 1.